The molecule has 0 atom stereocenters. The third-order valence-electron chi connectivity index (χ3n) is 2.89. The lowest BCUT2D eigenvalue weighted by molar-refractivity contribution is 0.329. The molecule has 0 aromatic heterocycles. The Morgan fingerprint density at radius 3 is 2.53 bits per heavy atom. The van der Waals surface area contributed by atoms with Crippen LogP contribution in [0.4, 0.5) is 5.69 Å². The Balaban J connectivity index is 1.79. The van der Waals surface area contributed by atoms with E-state index in [1.165, 1.54) is 5.56 Å². The molecule has 0 spiro atoms. The number of nitrogens with one attached hydrogen (secondary N) is 1. The first-order chi connectivity index (χ1) is 9.29. The molecule has 0 unspecified atom stereocenters. The van der Waals surface area contributed by atoms with Crippen LogP contribution in [0.5, 0.6) is 5.75 Å². The maximum absolute atomic E-state index is 5.80. The van der Waals surface area contributed by atoms with Crippen molar-refractivity contribution in [3.05, 3.63) is 58.6 Å². The largest absolute Gasteiger partial charge is 0.491 e. The molecule has 0 amide bonds. The fourth-order valence-corrected chi connectivity index (χ4v) is 2.13. The van der Waals surface area contributed by atoms with Crippen LogP contribution in [0.2, 0.25) is 0 Å². The zero-order chi connectivity index (χ0) is 13.5. The van der Waals surface area contributed by atoms with E-state index in [0.717, 1.165) is 28.9 Å². The lowest BCUT2D eigenvalue weighted by Crippen LogP contribution is -2.12. The maximum atomic E-state index is 5.80. The van der Waals surface area contributed by atoms with Gasteiger partial charge in [-0.05, 0) is 42.3 Å². The van der Waals surface area contributed by atoms with Gasteiger partial charge in [0.1, 0.15) is 12.4 Å². The molecule has 2 aromatic rings. The highest BCUT2D eigenvalue weighted by atomic mass is 79.9. The zero-order valence-electron chi connectivity index (χ0n) is 11.0. The van der Waals surface area contributed by atoms with Crippen LogP contribution in [0, 0.1) is 0 Å². The number of para-hydroxylation sites is 1. The van der Waals surface area contributed by atoms with E-state index in [9.17, 15) is 0 Å². The number of anilines is 1. The fourth-order valence-electron chi connectivity index (χ4n) is 1.86. The van der Waals surface area contributed by atoms with Crippen LogP contribution in [-0.2, 0) is 6.42 Å². The summed E-state index contributed by atoms with van der Waals surface area (Å²) >= 11 is 3.42. The van der Waals surface area contributed by atoms with E-state index in [-0.39, 0.29) is 0 Å². The molecule has 0 saturated carbocycles. The number of benzene rings is 2. The van der Waals surface area contributed by atoms with Crippen LogP contribution in [0.1, 0.15) is 12.5 Å². The molecule has 0 fully saturated rings. The first-order valence-corrected chi connectivity index (χ1v) is 7.29. The second-order valence-electron chi connectivity index (χ2n) is 4.24. The monoisotopic (exact) mass is 319 g/mol. The summed E-state index contributed by atoms with van der Waals surface area (Å²) in [7, 11) is 0. The molecule has 0 bridgehead atoms. The van der Waals surface area contributed by atoms with E-state index in [2.05, 4.69) is 34.2 Å². The van der Waals surface area contributed by atoms with Gasteiger partial charge >= 0.3 is 0 Å². The average Bonchev–Trinajstić information content (AvgIpc) is 2.46. The summed E-state index contributed by atoms with van der Waals surface area (Å²) in [5.41, 5.74) is 2.36. The minimum Gasteiger partial charge on any atom is -0.491 e. The second-order valence-corrected chi connectivity index (χ2v) is 5.16. The van der Waals surface area contributed by atoms with Crippen molar-refractivity contribution in [2.24, 2.45) is 0 Å². The van der Waals surface area contributed by atoms with Gasteiger partial charge in [-0.2, -0.15) is 0 Å². The minimum atomic E-state index is 0.660. The van der Waals surface area contributed by atoms with E-state index in [1.54, 1.807) is 0 Å². The number of rotatable bonds is 6. The molecule has 0 aliphatic rings. The summed E-state index contributed by atoms with van der Waals surface area (Å²) in [6.07, 6.45) is 0.996. The topological polar surface area (TPSA) is 21.3 Å². The van der Waals surface area contributed by atoms with Crippen LogP contribution < -0.4 is 10.1 Å². The zero-order valence-corrected chi connectivity index (χ0v) is 12.6. The van der Waals surface area contributed by atoms with Crippen molar-refractivity contribution in [2.75, 3.05) is 18.5 Å². The van der Waals surface area contributed by atoms with Crippen LogP contribution in [0.25, 0.3) is 0 Å². The lowest BCUT2D eigenvalue weighted by Gasteiger charge is -2.11. The number of aryl methyl sites for hydroxylation is 1. The Morgan fingerprint density at radius 2 is 1.79 bits per heavy atom. The van der Waals surface area contributed by atoms with Crippen molar-refractivity contribution < 1.29 is 4.74 Å². The van der Waals surface area contributed by atoms with Crippen molar-refractivity contribution in [3.63, 3.8) is 0 Å². The van der Waals surface area contributed by atoms with Gasteiger partial charge in [-0.25, -0.2) is 0 Å². The highest BCUT2D eigenvalue weighted by Gasteiger charge is 2.00. The van der Waals surface area contributed by atoms with Crippen molar-refractivity contribution in [1.82, 2.24) is 0 Å². The van der Waals surface area contributed by atoms with Gasteiger partial charge in [-0.3, -0.25) is 0 Å². The van der Waals surface area contributed by atoms with Gasteiger partial charge in [-0.1, -0.05) is 41.1 Å². The van der Waals surface area contributed by atoms with Crippen molar-refractivity contribution in [1.29, 1.82) is 0 Å². The Kier molecular flexibility index (Phi) is 5.28. The molecule has 2 aromatic carbocycles. The van der Waals surface area contributed by atoms with E-state index in [0.29, 0.717) is 6.61 Å². The molecule has 0 radical (unpaired) electrons. The van der Waals surface area contributed by atoms with Crippen molar-refractivity contribution in [3.8, 4) is 5.75 Å². The smallest absolute Gasteiger partial charge is 0.122 e. The molecular weight excluding hydrogens is 302 g/mol. The fraction of sp³-hybridized carbons (Fsp3) is 0.250. The maximum Gasteiger partial charge on any atom is 0.122 e. The molecule has 2 nitrogen and oxygen atoms in total. The normalized spacial score (nSPS) is 10.2. The standard InChI is InChI=1S/C16H18BrNO/c1-2-13-5-3-4-6-16(13)19-12-11-18-15-9-7-14(17)8-10-15/h3-10,18H,2,11-12H2,1H3. The summed E-state index contributed by atoms with van der Waals surface area (Å²) in [5.74, 6) is 0.989. The van der Waals surface area contributed by atoms with E-state index in [1.807, 2.05) is 42.5 Å². The SMILES string of the molecule is CCc1ccccc1OCCNc1ccc(Br)cc1. The predicted molar refractivity (Wildman–Crippen MR) is 83.9 cm³/mol. The second kappa shape index (κ2) is 7.19. The number of hydrogen-bond donors (Lipinski definition) is 1. The summed E-state index contributed by atoms with van der Waals surface area (Å²) in [4.78, 5) is 0. The van der Waals surface area contributed by atoms with E-state index >= 15 is 0 Å². The molecule has 19 heavy (non-hydrogen) atoms. The average molecular weight is 320 g/mol. The van der Waals surface area contributed by atoms with Gasteiger partial charge in [0, 0.05) is 16.7 Å². The van der Waals surface area contributed by atoms with Crippen LogP contribution >= 0.6 is 15.9 Å². The Morgan fingerprint density at radius 1 is 1.05 bits per heavy atom. The molecule has 0 aliphatic carbocycles. The van der Waals surface area contributed by atoms with Gasteiger partial charge in [0.2, 0.25) is 0 Å². The summed E-state index contributed by atoms with van der Waals surface area (Å²) in [6, 6.07) is 16.3. The molecule has 0 heterocycles. The highest BCUT2D eigenvalue weighted by molar-refractivity contribution is 9.10. The summed E-state index contributed by atoms with van der Waals surface area (Å²) in [5, 5.41) is 3.33. The number of halogens is 1. The molecule has 0 aliphatic heterocycles. The van der Waals surface area contributed by atoms with Crippen LogP contribution in [-0.4, -0.2) is 13.2 Å². The quantitative estimate of drug-likeness (QED) is 0.791. The summed E-state index contributed by atoms with van der Waals surface area (Å²) in [6.45, 7) is 3.59. The minimum absolute atomic E-state index is 0.660. The van der Waals surface area contributed by atoms with E-state index < -0.39 is 0 Å². The number of ether oxygens (including phenoxy) is 1. The Bertz CT molecular complexity index is 510. The third kappa shape index (κ3) is 4.28. The molecule has 1 N–H and O–H groups in total. The van der Waals surface area contributed by atoms with Crippen molar-refractivity contribution >= 4 is 21.6 Å². The van der Waals surface area contributed by atoms with Gasteiger partial charge in [0.25, 0.3) is 0 Å². The molecule has 0 saturated heterocycles. The summed E-state index contributed by atoms with van der Waals surface area (Å²) < 4.78 is 6.89. The number of hydrogen-bond acceptors (Lipinski definition) is 2. The first-order valence-electron chi connectivity index (χ1n) is 6.49. The van der Waals surface area contributed by atoms with Gasteiger partial charge in [0.15, 0.2) is 0 Å². The van der Waals surface area contributed by atoms with Crippen LogP contribution in [0.3, 0.4) is 0 Å². The lowest BCUT2D eigenvalue weighted by atomic mass is 10.1. The third-order valence-corrected chi connectivity index (χ3v) is 3.42. The first kappa shape index (κ1) is 13.9. The Hall–Kier alpha value is -1.48. The Labute approximate surface area is 122 Å². The van der Waals surface area contributed by atoms with Crippen molar-refractivity contribution in [2.45, 2.75) is 13.3 Å². The van der Waals surface area contributed by atoms with Gasteiger partial charge in [0.05, 0.1) is 0 Å². The van der Waals surface area contributed by atoms with E-state index in [4.69, 9.17) is 4.74 Å². The van der Waals surface area contributed by atoms with Crippen LogP contribution in [0.15, 0.2) is 53.0 Å². The molecule has 3 heteroatoms. The molecular formula is C16H18BrNO. The molecule has 100 valence electrons. The highest BCUT2D eigenvalue weighted by Crippen LogP contribution is 2.18. The molecule has 2 rings (SSSR count). The predicted octanol–water partition coefficient (Wildman–Crippen LogP) is 4.50. The van der Waals surface area contributed by atoms with Gasteiger partial charge < -0.3 is 10.1 Å². The van der Waals surface area contributed by atoms with Gasteiger partial charge in [-0.15, -0.1) is 0 Å².